The molecule has 5 heteroatoms. The molecule has 0 aliphatic heterocycles. The van der Waals surface area contributed by atoms with E-state index < -0.39 is 0 Å². The van der Waals surface area contributed by atoms with Crippen LogP contribution in [0.2, 0.25) is 0 Å². The number of hydrogen-bond acceptors (Lipinski definition) is 3. The molecule has 9 aromatic rings. The maximum Gasteiger partial charge on any atom is 0.145 e. The Kier molecular flexibility index (Phi) is 6.06. The molecule has 5 aromatic heterocycles. The molecule has 4 aromatic carbocycles. The molecule has 0 aliphatic carbocycles. The van der Waals surface area contributed by atoms with Crippen LogP contribution in [0.4, 0.5) is 0 Å². The predicted molar refractivity (Wildman–Crippen MR) is 187 cm³/mol. The molecule has 0 saturated carbocycles. The minimum Gasteiger partial charge on any atom is -0.314 e. The van der Waals surface area contributed by atoms with Crippen molar-refractivity contribution in [1.29, 1.82) is 0 Å². The maximum absolute atomic E-state index is 4.97. The van der Waals surface area contributed by atoms with Gasteiger partial charge in [0, 0.05) is 40.4 Å². The van der Waals surface area contributed by atoms with Gasteiger partial charge in [0.15, 0.2) is 0 Å². The van der Waals surface area contributed by atoms with Gasteiger partial charge in [0.25, 0.3) is 0 Å². The highest BCUT2D eigenvalue weighted by Crippen LogP contribution is 2.39. The van der Waals surface area contributed by atoms with Crippen LogP contribution in [0, 0.1) is 0 Å². The Balaban J connectivity index is 1.29. The van der Waals surface area contributed by atoms with Crippen molar-refractivity contribution in [2.24, 2.45) is 0 Å². The zero-order chi connectivity index (χ0) is 30.5. The molecule has 0 saturated heterocycles. The standard InChI is InChI=1S/C41H27N5/c1-3-10-28(11-4-1)31-24-32(29-12-5-2-6-13-29)26-34(25-31)46-38-19-16-30-20-23-45(40(30)39(38)35-14-9-22-43-41(35)46)33-17-18-37(44-27-33)36-15-7-8-21-42-36/h1-27H. The lowest BCUT2D eigenvalue weighted by molar-refractivity contribution is 1.10. The molecular formula is C41H27N5. The molecule has 0 amide bonds. The van der Waals surface area contributed by atoms with Crippen LogP contribution in [-0.2, 0) is 0 Å². The number of benzene rings is 4. The monoisotopic (exact) mass is 589 g/mol. The highest BCUT2D eigenvalue weighted by molar-refractivity contribution is 6.20. The van der Waals surface area contributed by atoms with Crippen LogP contribution in [0.15, 0.2) is 164 Å². The summed E-state index contributed by atoms with van der Waals surface area (Å²) in [6.45, 7) is 0. The van der Waals surface area contributed by atoms with Gasteiger partial charge in [-0.25, -0.2) is 4.98 Å². The smallest absolute Gasteiger partial charge is 0.145 e. The third-order valence-electron chi connectivity index (χ3n) is 8.68. The Hall–Kier alpha value is -6.33. The van der Waals surface area contributed by atoms with Gasteiger partial charge in [-0.1, -0.05) is 72.8 Å². The highest BCUT2D eigenvalue weighted by Gasteiger charge is 2.19. The Morgan fingerprint density at radius 2 is 1.20 bits per heavy atom. The number of aromatic nitrogens is 5. The van der Waals surface area contributed by atoms with Crippen LogP contribution in [0.1, 0.15) is 0 Å². The molecule has 0 radical (unpaired) electrons. The van der Waals surface area contributed by atoms with Crippen molar-refractivity contribution in [3.05, 3.63) is 164 Å². The summed E-state index contributed by atoms with van der Waals surface area (Å²) in [7, 11) is 0. The first-order valence-corrected chi connectivity index (χ1v) is 15.4. The van der Waals surface area contributed by atoms with Gasteiger partial charge in [0.05, 0.1) is 34.3 Å². The van der Waals surface area contributed by atoms with Crippen LogP contribution in [-0.4, -0.2) is 24.1 Å². The van der Waals surface area contributed by atoms with Crippen LogP contribution in [0.3, 0.4) is 0 Å². The molecule has 9 rings (SSSR count). The van der Waals surface area contributed by atoms with Gasteiger partial charge in [-0.15, -0.1) is 0 Å². The third kappa shape index (κ3) is 4.29. The molecule has 0 bridgehead atoms. The van der Waals surface area contributed by atoms with E-state index in [2.05, 4.69) is 130 Å². The number of pyridine rings is 3. The molecule has 0 N–H and O–H groups in total. The largest absolute Gasteiger partial charge is 0.314 e. The molecular weight excluding hydrogens is 562 g/mol. The molecule has 216 valence electrons. The Bertz CT molecular complexity index is 2440. The van der Waals surface area contributed by atoms with Gasteiger partial charge in [0.2, 0.25) is 0 Å². The minimum atomic E-state index is 0.847. The van der Waals surface area contributed by atoms with E-state index in [0.717, 1.165) is 66.7 Å². The molecule has 5 nitrogen and oxygen atoms in total. The SMILES string of the molecule is c1ccc(-c2cc(-c3ccccc3)cc(-n3c4ccc5ccn(-c6ccc(-c7ccccn7)nc6)c5c4c4cccnc43)c2)cc1. The second-order valence-electron chi connectivity index (χ2n) is 11.4. The average Bonchev–Trinajstić information content (AvgIpc) is 3.72. The lowest BCUT2D eigenvalue weighted by atomic mass is 9.98. The van der Waals surface area contributed by atoms with E-state index in [-0.39, 0.29) is 0 Å². The van der Waals surface area contributed by atoms with Crippen LogP contribution < -0.4 is 0 Å². The molecule has 0 atom stereocenters. The first-order valence-electron chi connectivity index (χ1n) is 15.4. The summed E-state index contributed by atoms with van der Waals surface area (Å²) in [5.74, 6) is 0. The molecule has 0 unspecified atom stereocenters. The summed E-state index contributed by atoms with van der Waals surface area (Å²) >= 11 is 0. The van der Waals surface area contributed by atoms with Crippen LogP contribution in [0.25, 0.3) is 77.9 Å². The maximum atomic E-state index is 4.97. The highest BCUT2D eigenvalue weighted by atomic mass is 15.1. The van der Waals surface area contributed by atoms with Crippen molar-refractivity contribution < 1.29 is 0 Å². The topological polar surface area (TPSA) is 48.5 Å². The fourth-order valence-electron chi connectivity index (χ4n) is 6.56. The number of fused-ring (bicyclic) bond motifs is 5. The Morgan fingerprint density at radius 1 is 0.478 bits per heavy atom. The predicted octanol–water partition coefficient (Wildman–Crippen LogP) is 9.91. The van der Waals surface area contributed by atoms with Crippen molar-refractivity contribution in [3.63, 3.8) is 0 Å². The van der Waals surface area contributed by atoms with Gasteiger partial charge in [-0.3, -0.25) is 14.5 Å². The number of rotatable bonds is 5. The molecule has 0 fully saturated rings. The quantitative estimate of drug-likeness (QED) is 0.201. The number of nitrogens with zero attached hydrogens (tertiary/aromatic N) is 5. The molecule has 0 spiro atoms. The van der Waals surface area contributed by atoms with E-state index in [1.54, 1.807) is 6.20 Å². The molecule has 0 aliphatic rings. The molecule has 46 heavy (non-hydrogen) atoms. The first-order chi connectivity index (χ1) is 22.8. The minimum absolute atomic E-state index is 0.847. The van der Waals surface area contributed by atoms with Crippen molar-refractivity contribution in [1.82, 2.24) is 24.1 Å². The summed E-state index contributed by atoms with van der Waals surface area (Å²) in [4.78, 5) is 14.2. The van der Waals surface area contributed by atoms with Crippen LogP contribution >= 0.6 is 0 Å². The van der Waals surface area contributed by atoms with E-state index in [0.29, 0.717) is 0 Å². The lowest BCUT2D eigenvalue weighted by Crippen LogP contribution is -1.97. The van der Waals surface area contributed by atoms with Crippen molar-refractivity contribution >= 4 is 32.8 Å². The fraction of sp³-hybridized carbons (Fsp3) is 0. The van der Waals surface area contributed by atoms with E-state index >= 15 is 0 Å². The summed E-state index contributed by atoms with van der Waals surface area (Å²) in [5, 5.41) is 3.42. The van der Waals surface area contributed by atoms with Gasteiger partial charge >= 0.3 is 0 Å². The van der Waals surface area contributed by atoms with E-state index in [1.165, 1.54) is 11.1 Å². The molecule has 5 heterocycles. The second-order valence-corrected chi connectivity index (χ2v) is 11.4. The van der Waals surface area contributed by atoms with Crippen molar-refractivity contribution in [2.45, 2.75) is 0 Å². The van der Waals surface area contributed by atoms with Gasteiger partial charge in [-0.2, -0.15) is 0 Å². The number of hydrogen-bond donors (Lipinski definition) is 0. The van der Waals surface area contributed by atoms with E-state index in [4.69, 9.17) is 9.97 Å². The van der Waals surface area contributed by atoms with Crippen LogP contribution in [0.5, 0.6) is 0 Å². The Labute approximate surface area is 265 Å². The summed E-state index contributed by atoms with van der Waals surface area (Å²) < 4.78 is 4.54. The average molecular weight is 590 g/mol. The summed E-state index contributed by atoms with van der Waals surface area (Å²) in [6.07, 6.45) is 7.73. The zero-order valence-corrected chi connectivity index (χ0v) is 24.8. The zero-order valence-electron chi connectivity index (χ0n) is 24.8. The van der Waals surface area contributed by atoms with Gasteiger partial charge < -0.3 is 4.57 Å². The van der Waals surface area contributed by atoms with Crippen molar-refractivity contribution in [3.8, 4) is 45.0 Å². The van der Waals surface area contributed by atoms with Crippen molar-refractivity contribution in [2.75, 3.05) is 0 Å². The lowest BCUT2D eigenvalue weighted by Gasteiger charge is -2.14. The summed E-state index contributed by atoms with van der Waals surface area (Å²) in [5.41, 5.74) is 11.6. The third-order valence-corrected chi connectivity index (χ3v) is 8.68. The Morgan fingerprint density at radius 3 is 1.89 bits per heavy atom. The fourth-order valence-corrected chi connectivity index (χ4v) is 6.56. The van der Waals surface area contributed by atoms with E-state index in [1.807, 2.05) is 42.7 Å². The van der Waals surface area contributed by atoms with Gasteiger partial charge in [0.1, 0.15) is 5.65 Å². The normalized spacial score (nSPS) is 11.5. The first kappa shape index (κ1) is 26.1. The summed E-state index contributed by atoms with van der Waals surface area (Å²) in [6, 6.07) is 48.8. The van der Waals surface area contributed by atoms with Gasteiger partial charge in [-0.05, 0) is 89.0 Å². The second kappa shape index (κ2) is 10.7. The van der Waals surface area contributed by atoms with E-state index in [9.17, 15) is 0 Å².